The first kappa shape index (κ1) is 12.2. The van der Waals surface area contributed by atoms with Gasteiger partial charge in [-0.05, 0) is 43.5 Å². The van der Waals surface area contributed by atoms with Crippen molar-refractivity contribution in [1.82, 2.24) is 9.55 Å². The highest BCUT2D eigenvalue weighted by atomic mass is 79.9. The molecule has 2 N–H and O–H groups in total. The molecule has 1 atom stereocenters. The van der Waals surface area contributed by atoms with Crippen LogP contribution in [0, 0.1) is 5.92 Å². The maximum Gasteiger partial charge on any atom is 0.110 e. The summed E-state index contributed by atoms with van der Waals surface area (Å²) in [6.45, 7) is 2.91. The van der Waals surface area contributed by atoms with Crippen LogP contribution >= 0.6 is 15.9 Å². The van der Waals surface area contributed by atoms with E-state index in [-0.39, 0.29) is 0 Å². The number of nitrogens with two attached hydrogens (primary N) is 1. The van der Waals surface area contributed by atoms with E-state index < -0.39 is 0 Å². The molecule has 96 valence electrons. The summed E-state index contributed by atoms with van der Waals surface area (Å²) in [5.74, 6) is 1.69. The highest BCUT2D eigenvalue weighted by Gasteiger charge is 2.28. The molecule has 1 unspecified atom stereocenters. The molecule has 18 heavy (non-hydrogen) atoms. The number of halogens is 1. The summed E-state index contributed by atoms with van der Waals surface area (Å²) in [6, 6.07) is 7.03. The summed E-state index contributed by atoms with van der Waals surface area (Å²) in [6.07, 6.45) is 3.54. The molecule has 1 aliphatic carbocycles. The van der Waals surface area contributed by atoms with Gasteiger partial charge in [-0.3, -0.25) is 0 Å². The van der Waals surface area contributed by atoms with E-state index in [1.807, 2.05) is 0 Å². The summed E-state index contributed by atoms with van der Waals surface area (Å²) in [5, 5.41) is 0. The Hall–Kier alpha value is -0.870. The number of aromatic nitrogens is 2. The zero-order valence-corrected chi connectivity index (χ0v) is 12.2. The SMILES string of the molecule is CC(CN)Cc1nc2cc(Br)ccc2n1C1CC1. The lowest BCUT2D eigenvalue weighted by atomic mass is 10.1. The Labute approximate surface area is 116 Å². The third-order valence-electron chi connectivity index (χ3n) is 3.57. The van der Waals surface area contributed by atoms with Gasteiger partial charge in [0.05, 0.1) is 11.0 Å². The van der Waals surface area contributed by atoms with Gasteiger partial charge in [0.25, 0.3) is 0 Å². The second kappa shape index (κ2) is 4.67. The fourth-order valence-electron chi connectivity index (χ4n) is 2.40. The molecule has 1 aliphatic rings. The lowest BCUT2D eigenvalue weighted by molar-refractivity contribution is 0.550. The number of fused-ring (bicyclic) bond motifs is 1. The van der Waals surface area contributed by atoms with E-state index in [0.29, 0.717) is 12.0 Å². The van der Waals surface area contributed by atoms with Crippen LogP contribution < -0.4 is 5.73 Å². The van der Waals surface area contributed by atoms with Gasteiger partial charge in [0.15, 0.2) is 0 Å². The van der Waals surface area contributed by atoms with Crippen molar-refractivity contribution in [2.75, 3.05) is 6.54 Å². The van der Waals surface area contributed by atoms with Crippen LogP contribution in [0.25, 0.3) is 11.0 Å². The molecule has 0 saturated heterocycles. The van der Waals surface area contributed by atoms with Crippen molar-refractivity contribution in [3.05, 3.63) is 28.5 Å². The molecule has 1 heterocycles. The van der Waals surface area contributed by atoms with Gasteiger partial charge < -0.3 is 10.3 Å². The first-order valence-electron chi connectivity index (χ1n) is 6.55. The molecule has 1 fully saturated rings. The highest BCUT2D eigenvalue weighted by molar-refractivity contribution is 9.10. The number of nitrogens with zero attached hydrogens (tertiary/aromatic N) is 2. The van der Waals surface area contributed by atoms with Gasteiger partial charge in [0.1, 0.15) is 5.82 Å². The Morgan fingerprint density at radius 3 is 2.94 bits per heavy atom. The van der Waals surface area contributed by atoms with Gasteiger partial charge in [-0.25, -0.2) is 4.98 Å². The van der Waals surface area contributed by atoms with E-state index in [4.69, 9.17) is 10.7 Å². The van der Waals surface area contributed by atoms with Crippen molar-refractivity contribution in [3.8, 4) is 0 Å². The molecule has 4 heteroatoms. The molecule has 0 spiro atoms. The van der Waals surface area contributed by atoms with Crippen LogP contribution in [-0.2, 0) is 6.42 Å². The number of rotatable bonds is 4. The van der Waals surface area contributed by atoms with Gasteiger partial charge in [-0.1, -0.05) is 22.9 Å². The van der Waals surface area contributed by atoms with Gasteiger partial charge in [0.2, 0.25) is 0 Å². The minimum Gasteiger partial charge on any atom is -0.330 e. The number of benzene rings is 1. The Balaban J connectivity index is 2.08. The van der Waals surface area contributed by atoms with Gasteiger partial charge in [-0.15, -0.1) is 0 Å². The molecule has 0 bridgehead atoms. The molecular weight excluding hydrogens is 290 g/mol. The van der Waals surface area contributed by atoms with Crippen molar-refractivity contribution in [3.63, 3.8) is 0 Å². The molecule has 3 rings (SSSR count). The average Bonchev–Trinajstić information content (AvgIpc) is 3.11. The standard InChI is InChI=1S/C14H18BrN3/c1-9(8-16)6-14-17-12-7-10(15)2-5-13(12)18(14)11-3-4-11/h2,5,7,9,11H,3-4,6,8,16H2,1H3. The molecule has 0 amide bonds. The number of imidazole rings is 1. The zero-order valence-electron chi connectivity index (χ0n) is 10.6. The van der Waals surface area contributed by atoms with Crippen LogP contribution in [0.1, 0.15) is 31.6 Å². The van der Waals surface area contributed by atoms with E-state index in [1.165, 1.54) is 24.2 Å². The minimum absolute atomic E-state index is 0.489. The molecule has 1 saturated carbocycles. The number of hydrogen-bond acceptors (Lipinski definition) is 2. The monoisotopic (exact) mass is 307 g/mol. The molecule has 1 aromatic carbocycles. The third-order valence-corrected chi connectivity index (χ3v) is 4.06. The van der Waals surface area contributed by atoms with Crippen LogP contribution in [0.15, 0.2) is 22.7 Å². The van der Waals surface area contributed by atoms with Gasteiger partial charge >= 0.3 is 0 Å². The largest absolute Gasteiger partial charge is 0.330 e. The topological polar surface area (TPSA) is 43.8 Å². The molecule has 2 aromatic rings. The second-order valence-corrected chi connectivity index (χ2v) is 6.22. The maximum atomic E-state index is 5.74. The first-order chi connectivity index (χ1) is 8.69. The molecular formula is C14H18BrN3. The van der Waals surface area contributed by atoms with Crippen LogP contribution in [0.2, 0.25) is 0 Å². The number of hydrogen-bond donors (Lipinski definition) is 1. The van der Waals surface area contributed by atoms with E-state index in [1.54, 1.807) is 0 Å². The van der Waals surface area contributed by atoms with E-state index in [2.05, 4.69) is 45.6 Å². The average molecular weight is 308 g/mol. The molecule has 1 aromatic heterocycles. The van der Waals surface area contributed by atoms with Crippen LogP contribution in [0.5, 0.6) is 0 Å². The molecule has 3 nitrogen and oxygen atoms in total. The fourth-order valence-corrected chi connectivity index (χ4v) is 2.75. The van der Waals surface area contributed by atoms with E-state index in [9.17, 15) is 0 Å². The summed E-state index contributed by atoms with van der Waals surface area (Å²) in [5.41, 5.74) is 8.09. The quantitative estimate of drug-likeness (QED) is 0.942. The van der Waals surface area contributed by atoms with Crippen molar-refractivity contribution < 1.29 is 0 Å². The van der Waals surface area contributed by atoms with Gasteiger partial charge in [0, 0.05) is 16.9 Å². The van der Waals surface area contributed by atoms with Crippen LogP contribution in [0.3, 0.4) is 0 Å². The zero-order chi connectivity index (χ0) is 12.7. The lowest BCUT2D eigenvalue weighted by Crippen LogP contribution is -2.15. The van der Waals surface area contributed by atoms with Crippen molar-refractivity contribution in [1.29, 1.82) is 0 Å². The minimum atomic E-state index is 0.489. The Morgan fingerprint density at radius 1 is 1.50 bits per heavy atom. The van der Waals surface area contributed by atoms with Crippen LogP contribution in [-0.4, -0.2) is 16.1 Å². The highest BCUT2D eigenvalue weighted by Crippen LogP contribution is 2.39. The van der Waals surface area contributed by atoms with Crippen molar-refractivity contribution >= 4 is 27.0 Å². The van der Waals surface area contributed by atoms with E-state index in [0.717, 1.165) is 23.0 Å². The normalized spacial score (nSPS) is 17.3. The molecule has 0 aliphatic heterocycles. The lowest BCUT2D eigenvalue weighted by Gasteiger charge is -2.11. The fraction of sp³-hybridized carbons (Fsp3) is 0.500. The summed E-state index contributed by atoms with van der Waals surface area (Å²) in [4.78, 5) is 4.80. The van der Waals surface area contributed by atoms with Crippen LogP contribution in [0.4, 0.5) is 0 Å². The van der Waals surface area contributed by atoms with Crippen molar-refractivity contribution in [2.24, 2.45) is 11.7 Å². The second-order valence-electron chi connectivity index (χ2n) is 5.31. The summed E-state index contributed by atoms with van der Waals surface area (Å²) in [7, 11) is 0. The maximum absolute atomic E-state index is 5.74. The predicted molar refractivity (Wildman–Crippen MR) is 77.6 cm³/mol. The molecule has 0 radical (unpaired) electrons. The summed E-state index contributed by atoms with van der Waals surface area (Å²) >= 11 is 3.51. The Kier molecular flexibility index (Phi) is 3.16. The van der Waals surface area contributed by atoms with E-state index >= 15 is 0 Å². The first-order valence-corrected chi connectivity index (χ1v) is 7.34. The van der Waals surface area contributed by atoms with Gasteiger partial charge in [-0.2, -0.15) is 0 Å². The summed E-state index contributed by atoms with van der Waals surface area (Å²) < 4.78 is 3.52. The third kappa shape index (κ3) is 2.19. The Morgan fingerprint density at radius 2 is 2.28 bits per heavy atom. The van der Waals surface area contributed by atoms with Crippen molar-refractivity contribution in [2.45, 2.75) is 32.2 Å². The Bertz CT molecular complexity index is 572. The predicted octanol–water partition coefficient (Wildman–Crippen LogP) is 3.27. The smallest absolute Gasteiger partial charge is 0.110 e.